The fourth-order valence-electron chi connectivity index (χ4n) is 4.08. The molecule has 1 aromatic carbocycles. The Kier molecular flexibility index (Phi) is 7.19. The number of nitrogens with zero attached hydrogens (tertiary/aromatic N) is 3. The molecule has 2 aliphatic rings. The minimum Gasteiger partial charge on any atom is -0.449 e. The van der Waals surface area contributed by atoms with Crippen LogP contribution < -0.4 is 15.5 Å². The molecule has 170 valence electrons. The first-order valence-corrected chi connectivity index (χ1v) is 11.8. The van der Waals surface area contributed by atoms with Gasteiger partial charge in [0.15, 0.2) is 5.82 Å². The van der Waals surface area contributed by atoms with Gasteiger partial charge < -0.3 is 15.4 Å². The first-order chi connectivity index (χ1) is 15.5. The van der Waals surface area contributed by atoms with Gasteiger partial charge in [0.25, 0.3) is 0 Å². The second kappa shape index (κ2) is 10.2. The Balaban J connectivity index is 1.45. The third kappa shape index (κ3) is 5.35. The number of cyclic esters (lactones) is 1. The zero-order valence-corrected chi connectivity index (χ0v) is 19.1. The molecule has 0 unspecified atom stereocenters. The monoisotopic (exact) mass is 505 g/mol. The minimum absolute atomic E-state index is 0.00651. The Hall–Kier alpha value is -2.75. The van der Waals surface area contributed by atoms with E-state index in [9.17, 15) is 14.0 Å². The Morgan fingerprint density at radius 1 is 1.25 bits per heavy atom. The highest BCUT2D eigenvalue weighted by Gasteiger charge is 2.24. The number of nitrogens with one attached hydrogen (secondary N) is 2. The summed E-state index contributed by atoms with van der Waals surface area (Å²) in [5.74, 6) is -0.180. The van der Waals surface area contributed by atoms with Crippen molar-refractivity contribution in [3.05, 3.63) is 36.3 Å². The molecule has 1 saturated heterocycles. The van der Waals surface area contributed by atoms with Crippen molar-refractivity contribution in [1.82, 2.24) is 15.3 Å². The second-order valence-electron chi connectivity index (χ2n) is 7.95. The van der Waals surface area contributed by atoms with Gasteiger partial charge in [-0.05, 0) is 44.2 Å². The fourth-order valence-corrected chi connectivity index (χ4v) is 4.24. The van der Waals surface area contributed by atoms with E-state index in [2.05, 4.69) is 36.5 Å². The highest BCUT2D eigenvalue weighted by molar-refractivity contribution is 9.09. The first kappa shape index (κ1) is 22.4. The van der Waals surface area contributed by atoms with E-state index < -0.39 is 11.9 Å². The van der Waals surface area contributed by atoms with Crippen LogP contribution in [-0.4, -0.2) is 52.5 Å². The van der Waals surface area contributed by atoms with E-state index in [1.807, 2.05) is 0 Å². The van der Waals surface area contributed by atoms with Gasteiger partial charge in [-0.3, -0.25) is 9.69 Å². The molecule has 8 nitrogen and oxygen atoms in total. The maximum absolute atomic E-state index is 14.6. The lowest BCUT2D eigenvalue weighted by Crippen LogP contribution is -2.40. The predicted molar refractivity (Wildman–Crippen MR) is 122 cm³/mol. The average molecular weight is 506 g/mol. The van der Waals surface area contributed by atoms with Gasteiger partial charge in [0.05, 0.1) is 18.1 Å². The third-order valence-electron chi connectivity index (χ3n) is 5.69. The van der Waals surface area contributed by atoms with Crippen LogP contribution in [0.3, 0.4) is 0 Å². The normalized spacial score (nSPS) is 21.1. The number of anilines is 2. The van der Waals surface area contributed by atoms with Crippen molar-refractivity contribution in [3.63, 3.8) is 0 Å². The maximum atomic E-state index is 14.6. The van der Waals surface area contributed by atoms with E-state index >= 15 is 0 Å². The van der Waals surface area contributed by atoms with E-state index in [1.54, 1.807) is 24.3 Å². The molecular formula is C22H25BrFN5O3. The number of hydrogen-bond acceptors (Lipinski definition) is 6. The Bertz CT molecular complexity index is 984. The van der Waals surface area contributed by atoms with E-state index in [4.69, 9.17) is 4.74 Å². The van der Waals surface area contributed by atoms with Gasteiger partial charge >= 0.3 is 6.09 Å². The number of carbonyl (C=O) groups is 2. The maximum Gasteiger partial charge on any atom is 0.414 e. The zero-order valence-electron chi connectivity index (χ0n) is 17.5. The molecule has 1 aromatic heterocycles. The molecule has 4 rings (SSSR count). The quantitative estimate of drug-likeness (QED) is 0.578. The summed E-state index contributed by atoms with van der Waals surface area (Å²) in [6, 6.07) is 7.38. The molecule has 10 heteroatoms. The topological polar surface area (TPSA) is 96.5 Å². The summed E-state index contributed by atoms with van der Waals surface area (Å²) in [7, 11) is 0. The van der Waals surface area contributed by atoms with E-state index in [0.717, 1.165) is 38.3 Å². The minimum atomic E-state index is -0.532. The summed E-state index contributed by atoms with van der Waals surface area (Å²) in [4.78, 5) is 33.7. The summed E-state index contributed by atoms with van der Waals surface area (Å²) in [5, 5.41) is 6.59. The van der Waals surface area contributed by atoms with E-state index in [0.29, 0.717) is 35.7 Å². The van der Waals surface area contributed by atoms with Crippen LogP contribution in [0.4, 0.5) is 20.8 Å². The molecule has 2 aromatic rings. The first-order valence-electron chi connectivity index (χ1n) is 10.7. The number of carbonyl (C=O) groups excluding carboxylic acids is 2. The fraction of sp³-hybridized carbons (Fsp3) is 0.455. The van der Waals surface area contributed by atoms with Crippen LogP contribution in [0.15, 0.2) is 30.5 Å². The summed E-state index contributed by atoms with van der Waals surface area (Å²) < 4.78 is 19.7. The van der Waals surface area contributed by atoms with Crippen molar-refractivity contribution in [2.45, 2.75) is 44.2 Å². The number of ether oxygens (including phenoxy) is 1. The number of rotatable bonds is 6. The lowest BCUT2D eigenvalue weighted by Gasteiger charge is -2.29. The molecule has 2 heterocycles. The Morgan fingerprint density at radius 2 is 2.03 bits per heavy atom. The molecule has 0 radical (unpaired) electrons. The van der Waals surface area contributed by atoms with Gasteiger partial charge in [-0.2, -0.15) is 0 Å². The number of benzene rings is 1. The van der Waals surface area contributed by atoms with Crippen molar-refractivity contribution >= 4 is 39.6 Å². The van der Waals surface area contributed by atoms with Gasteiger partial charge in [0.2, 0.25) is 11.9 Å². The van der Waals surface area contributed by atoms with E-state index in [1.165, 1.54) is 4.90 Å². The van der Waals surface area contributed by atoms with Gasteiger partial charge in [-0.25, -0.2) is 19.2 Å². The number of aromatic nitrogens is 2. The standard InChI is InChI=1S/C22H25BrFN5O3/c23-12-19(30)26-15-5-7-16(8-6-15)27-21-25-13-18(24)20(28-21)14-3-1-4-17(11-14)29-9-2-10-32-22(29)31/h1,3-4,11,13,15-16H,2,5-10,12H2,(H,26,30)(H,25,27,28)/t15-,16-. The van der Waals surface area contributed by atoms with Crippen LogP contribution in [0.25, 0.3) is 11.3 Å². The van der Waals surface area contributed by atoms with Crippen molar-refractivity contribution in [2.75, 3.05) is 28.7 Å². The van der Waals surface area contributed by atoms with Crippen molar-refractivity contribution < 1.29 is 18.7 Å². The van der Waals surface area contributed by atoms with Crippen molar-refractivity contribution in [2.24, 2.45) is 0 Å². The van der Waals surface area contributed by atoms with Crippen molar-refractivity contribution in [3.8, 4) is 11.3 Å². The molecule has 2 amide bonds. The van der Waals surface area contributed by atoms with Gasteiger partial charge in [0, 0.05) is 29.9 Å². The molecule has 32 heavy (non-hydrogen) atoms. The SMILES string of the molecule is O=C(CBr)N[C@H]1CC[C@H](Nc2ncc(F)c(-c3cccc(N4CCCOC4=O)c3)n2)CC1. The highest BCUT2D eigenvalue weighted by atomic mass is 79.9. The molecule has 2 N–H and O–H groups in total. The largest absolute Gasteiger partial charge is 0.449 e. The third-order valence-corrected chi connectivity index (χ3v) is 6.20. The molecule has 1 aliphatic heterocycles. The molecule has 0 bridgehead atoms. The smallest absolute Gasteiger partial charge is 0.414 e. The molecule has 0 spiro atoms. The molecule has 1 saturated carbocycles. The van der Waals surface area contributed by atoms with Crippen molar-refractivity contribution in [1.29, 1.82) is 0 Å². The van der Waals surface area contributed by atoms with Crippen LogP contribution in [-0.2, 0) is 9.53 Å². The number of hydrogen-bond donors (Lipinski definition) is 2. The van der Waals surface area contributed by atoms with Crippen LogP contribution in [0.1, 0.15) is 32.1 Å². The molecule has 0 atom stereocenters. The highest BCUT2D eigenvalue weighted by Crippen LogP contribution is 2.28. The summed E-state index contributed by atoms with van der Waals surface area (Å²) in [6.07, 6.45) is 4.94. The lowest BCUT2D eigenvalue weighted by molar-refractivity contribution is -0.119. The Labute approximate surface area is 194 Å². The zero-order chi connectivity index (χ0) is 22.5. The van der Waals surface area contributed by atoms with Gasteiger partial charge in [-0.15, -0.1) is 0 Å². The van der Waals surface area contributed by atoms with Crippen LogP contribution in [0, 0.1) is 5.82 Å². The second-order valence-corrected chi connectivity index (χ2v) is 8.51. The van der Waals surface area contributed by atoms with Crippen LogP contribution in [0.2, 0.25) is 0 Å². The lowest BCUT2D eigenvalue weighted by atomic mass is 9.91. The summed E-state index contributed by atoms with van der Waals surface area (Å²) in [5.41, 5.74) is 1.38. The van der Waals surface area contributed by atoms with E-state index in [-0.39, 0.29) is 23.7 Å². The summed E-state index contributed by atoms with van der Waals surface area (Å²) in [6.45, 7) is 0.968. The van der Waals surface area contributed by atoms with Gasteiger partial charge in [-0.1, -0.05) is 28.1 Å². The van der Waals surface area contributed by atoms with Crippen LogP contribution in [0.5, 0.6) is 0 Å². The molecule has 1 aliphatic carbocycles. The number of halogens is 2. The molecule has 2 fully saturated rings. The van der Waals surface area contributed by atoms with Gasteiger partial charge in [0.1, 0.15) is 5.69 Å². The average Bonchev–Trinajstić information content (AvgIpc) is 2.82. The van der Waals surface area contributed by atoms with Crippen LogP contribution >= 0.6 is 15.9 Å². The predicted octanol–water partition coefficient (Wildman–Crippen LogP) is 3.86. The molecular weight excluding hydrogens is 481 g/mol. The number of amides is 2. The Morgan fingerprint density at radius 3 is 2.78 bits per heavy atom. The summed E-state index contributed by atoms with van der Waals surface area (Å²) >= 11 is 3.16. The number of alkyl halides is 1.